The summed E-state index contributed by atoms with van der Waals surface area (Å²) >= 11 is 0. The summed E-state index contributed by atoms with van der Waals surface area (Å²) in [6.45, 7) is 6.43. The molecule has 2 aliphatic heterocycles. The van der Waals surface area contributed by atoms with Crippen molar-refractivity contribution in [3.05, 3.63) is 53.0 Å². The number of benzene rings is 1. The van der Waals surface area contributed by atoms with Gasteiger partial charge in [0.05, 0.1) is 17.6 Å². The molecule has 1 aliphatic carbocycles. The second kappa shape index (κ2) is 9.55. The molecule has 10 heteroatoms. The van der Waals surface area contributed by atoms with Crippen molar-refractivity contribution in [1.82, 2.24) is 19.4 Å². The molecular weight excluding hydrogens is 495 g/mol. The molecule has 2 aromatic heterocycles. The van der Waals surface area contributed by atoms with Crippen molar-refractivity contribution in [1.29, 1.82) is 0 Å². The van der Waals surface area contributed by atoms with E-state index in [2.05, 4.69) is 20.9 Å². The molecule has 6 rings (SSSR count). The van der Waals surface area contributed by atoms with Crippen molar-refractivity contribution in [3.63, 3.8) is 0 Å². The third-order valence-electron chi connectivity index (χ3n) is 8.07. The smallest absolute Gasteiger partial charge is 0.370 e. The summed E-state index contributed by atoms with van der Waals surface area (Å²) in [6, 6.07) is 7.05. The highest BCUT2D eigenvalue weighted by atomic mass is 19.4. The molecule has 0 spiro atoms. The van der Waals surface area contributed by atoms with Gasteiger partial charge >= 0.3 is 6.18 Å². The summed E-state index contributed by atoms with van der Waals surface area (Å²) in [4.78, 5) is 23.9. The summed E-state index contributed by atoms with van der Waals surface area (Å²) in [5.41, 5.74) is 1.72. The summed E-state index contributed by atoms with van der Waals surface area (Å²) in [5.74, 6) is 2.04. The van der Waals surface area contributed by atoms with Crippen molar-refractivity contribution in [2.24, 2.45) is 11.8 Å². The van der Waals surface area contributed by atoms with Crippen molar-refractivity contribution in [2.75, 3.05) is 25.0 Å². The molecule has 38 heavy (non-hydrogen) atoms. The van der Waals surface area contributed by atoms with E-state index in [1.165, 1.54) is 12.1 Å². The molecule has 2 atom stereocenters. The van der Waals surface area contributed by atoms with Crippen LogP contribution in [0.25, 0.3) is 11.0 Å². The van der Waals surface area contributed by atoms with Gasteiger partial charge in [-0.1, -0.05) is 12.1 Å². The minimum Gasteiger partial charge on any atom is -0.370 e. The molecule has 2 fully saturated rings. The lowest BCUT2D eigenvalue weighted by Gasteiger charge is -2.38. The van der Waals surface area contributed by atoms with Gasteiger partial charge in [0.25, 0.3) is 0 Å². The van der Waals surface area contributed by atoms with E-state index in [0.29, 0.717) is 42.2 Å². The molecule has 1 saturated carbocycles. The summed E-state index contributed by atoms with van der Waals surface area (Å²) in [7, 11) is 0. The van der Waals surface area contributed by atoms with E-state index in [9.17, 15) is 18.0 Å². The topological polar surface area (TPSA) is 72.3 Å². The number of carbonyl (C=O) groups excluding carboxylic acids is 1. The minimum absolute atomic E-state index is 0.0924. The normalized spacial score (nSPS) is 21.4. The van der Waals surface area contributed by atoms with Gasteiger partial charge in [-0.3, -0.25) is 4.79 Å². The fourth-order valence-electron chi connectivity index (χ4n) is 5.85. The Kier molecular flexibility index (Phi) is 6.32. The Bertz CT molecular complexity index is 1360. The van der Waals surface area contributed by atoms with Crippen LogP contribution in [-0.4, -0.2) is 45.0 Å². The molecule has 0 radical (unpaired) electrons. The number of hydrogen-bond acceptors (Lipinski definition) is 5. The summed E-state index contributed by atoms with van der Waals surface area (Å²) in [6.07, 6.45) is -0.654. The number of likely N-dealkylation sites (tertiary alicyclic amines) is 1. The third kappa shape index (κ3) is 4.74. The maximum Gasteiger partial charge on any atom is 0.416 e. The van der Waals surface area contributed by atoms with Crippen LogP contribution in [0.3, 0.4) is 0 Å². The molecule has 7 nitrogen and oxygen atoms in total. The SMILES string of the molecule is Cc1nc(N[C@H](C)c2cccc(C(F)(F)F)c2)c2cc3n(c2n1)CCOC3C1CCN(C(=O)C2CC2)CC1. The monoisotopic (exact) mass is 527 g/mol. The lowest BCUT2D eigenvalue weighted by molar-refractivity contribution is -0.137. The van der Waals surface area contributed by atoms with Crippen LogP contribution in [0.1, 0.15) is 67.4 Å². The molecule has 1 N–H and O–H groups in total. The molecule has 1 saturated heterocycles. The number of carbonyl (C=O) groups is 1. The first kappa shape index (κ1) is 25.2. The molecule has 3 aromatic rings. The van der Waals surface area contributed by atoms with Gasteiger partial charge in [-0.05, 0) is 69.2 Å². The quantitative estimate of drug-likeness (QED) is 0.464. The first-order chi connectivity index (χ1) is 18.2. The van der Waals surface area contributed by atoms with Crippen molar-refractivity contribution >= 4 is 22.8 Å². The molecule has 1 aromatic carbocycles. The Morgan fingerprint density at radius 2 is 1.87 bits per heavy atom. The number of aromatic nitrogens is 3. The molecule has 4 heterocycles. The number of rotatable bonds is 5. The van der Waals surface area contributed by atoms with Crippen LogP contribution in [0.2, 0.25) is 0 Å². The van der Waals surface area contributed by atoms with Gasteiger partial charge in [-0.2, -0.15) is 13.2 Å². The van der Waals surface area contributed by atoms with Crippen LogP contribution in [0, 0.1) is 18.8 Å². The number of piperidine rings is 1. The van der Waals surface area contributed by atoms with Crippen LogP contribution in [0.5, 0.6) is 0 Å². The number of ether oxygens (including phenoxy) is 1. The fourth-order valence-corrected chi connectivity index (χ4v) is 5.85. The number of halogens is 3. The molecule has 3 aliphatic rings. The second-order valence-corrected chi connectivity index (χ2v) is 10.8. The van der Waals surface area contributed by atoms with Crippen LogP contribution in [-0.2, 0) is 22.3 Å². The van der Waals surface area contributed by atoms with Crippen molar-refractivity contribution < 1.29 is 22.7 Å². The highest BCUT2D eigenvalue weighted by Crippen LogP contribution is 2.41. The number of amides is 1. The Labute approximate surface area is 219 Å². The van der Waals surface area contributed by atoms with Crippen LogP contribution in [0.4, 0.5) is 19.0 Å². The molecule has 0 bridgehead atoms. The van der Waals surface area contributed by atoms with E-state index < -0.39 is 17.8 Å². The van der Waals surface area contributed by atoms with Gasteiger partial charge in [-0.15, -0.1) is 0 Å². The zero-order valence-corrected chi connectivity index (χ0v) is 21.6. The fraction of sp³-hybridized carbons (Fsp3) is 0.536. The van der Waals surface area contributed by atoms with E-state index in [0.717, 1.165) is 61.6 Å². The number of anilines is 1. The maximum atomic E-state index is 13.3. The highest BCUT2D eigenvalue weighted by molar-refractivity contribution is 5.89. The predicted molar refractivity (Wildman–Crippen MR) is 136 cm³/mol. The summed E-state index contributed by atoms with van der Waals surface area (Å²) < 4.78 is 48.3. The first-order valence-electron chi connectivity index (χ1n) is 13.4. The number of alkyl halides is 3. The average Bonchev–Trinajstić information content (AvgIpc) is 3.69. The van der Waals surface area contributed by atoms with E-state index in [-0.39, 0.29) is 12.0 Å². The lowest BCUT2D eigenvalue weighted by Crippen LogP contribution is -2.41. The zero-order valence-electron chi connectivity index (χ0n) is 21.6. The van der Waals surface area contributed by atoms with Gasteiger partial charge in [-0.25, -0.2) is 9.97 Å². The Morgan fingerprint density at radius 1 is 1.11 bits per heavy atom. The van der Waals surface area contributed by atoms with Gasteiger partial charge in [0.2, 0.25) is 5.91 Å². The number of fused-ring (bicyclic) bond motifs is 3. The van der Waals surface area contributed by atoms with E-state index >= 15 is 0 Å². The Hall–Kier alpha value is -3.14. The van der Waals surface area contributed by atoms with Crippen molar-refractivity contribution in [3.8, 4) is 0 Å². The van der Waals surface area contributed by atoms with Crippen LogP contribution in [0.15, 0.2) is 30.3 Å². The minimum atomic E-state index is -4.40. The van der Waals surface area contributed by atoms with Crippen LogP contribution < -0.4 is 5.32 Å². The predicted octanol–water partition coefficient (Wildman–Crippen LogP) is 5.65. The number of hydrogen-bond donors (Lipinski definition) is 1. The van der Waals surface area contributed by atoms with Gasteiger partial charge < -0.3 is 19.5 Å². The number of nitrogens with zero attached hydrogens (tertiary/aromatic N) is 4. The average molecular weight is 528 g/mol. The lowest BCUT2D eigenvalue weighted by atomic mass is 9.88. The van der Waals surface area contributed by atoms with Gasteiger partial charge in [0.15, 0.2) is 0 Å². The number of aryl methyl sites for hydroxylation is 1. The zero-order chi connectivity index (χ0) is 26.6. The molecule has 202 valence electrons. The van der Waals surface area contributed by atoms with E-state index in [1.54, 1.807) is 6.07 Å². The Balaban J connectivity index is 1.26. The first-order valence-corrected chi connectivity index (χ1v) is 13.4. The van der Waals surface area contributed by atoms with E-state index in [1.807, 2.05) is 18.7 Å². The molecule has 1 amide bonds. The van der Waals surface area contributed by atoms with E-state index in [4.69, 9.17) is 9.72 Å². The maximum absolute atomic E-state index is 13.3. The largest absolute Gasteiger partial charge is 0.416 e. The van der Waals surface area contributed by atoms with Crippen molar-refractivity contribution in [2.45, 2.75) is 64.4 Å². The Morgan fingerprint density at radius 3 is 2.58 bits per heavy atom. The molecule has 1 unspecified atom stereocenters. The highest BCUT2D eigenvalue weighted by Gasteiger charge is 2.38. The standard InChI is InChI=1S/C28H32F3N5O2/c1-16(20-4-3-5-21(14-20)28(29,30)31)32-25-22-15-23-24(38-13-12-36(23)26(22)34-17(2)33-25)18-8-10-35(11-9-18)27(37)19-6-7-19/h3-5,14-16,18-19,24H,6-13H2,1-2H3,(H,32,33,34)/t16-,24?/m1/s1. The van der Waals surface area contributed by atoms with Gasteiger partial charge in [0, 0.05) is 37.3 Å². The second-order valence-electron chi connectivity index (χ2n) is 10.8. The molecular formula is C28H32F3N5O2. The van der Waals surface area contributed by atoms with Gasteiger partial charge in [0.1, 0.15) is 23.4 Å². The van der Waals surface area contributed by atoms with Crippen LogP contribution >= 0.6 is 0 Å². The number of nitrogens with one attached hydrogen (secondary N) is 1. The summed E-state index contributed by atoms with van der Waals surface area (Å²) in [5, 5.41) is 4.18. The third-order valence-corrected chi connectivity index (χ3v) is 8.07.